The molecule has 0 spiro atoms. The van der Waals surface area contributed by atoms with Gasteiger partial charge in [-0.05, 0) is 42.2 Å². The molecule has 34 heavy (non-hydrogen) atoms. The molecule has 2 heterocycles. The number of nitrogens with zero attached hydrogens (tertiary/aromatic N) is 1. The molecule has 2 atom stereocenters. The minimum absolute atomic E-state index is 0.0655. The lowest BCUT2D eigenvalue weighted by Crippen LogP contribution is -2.57. The average Bonchev–Trinajstić information content (AvgIpc) is 2.96. The van der Waals surface area contributed by atoms with Crippen LogP contribution in [-0.2, 0) is 9.59 Å². The van der Waals surface area contributed by atoms with Gasteiger partial charge in [0.25, 0.3) is 17.7 Å². The van der Waals surface area contributed by atoms with Gasteiger partial charge in [-0.1, -0.05) is 40.7 Å². The quantitative estimate of drug-likeness (QED) is 0.497. The molecule has 1 aromatic rings. The van der Waals surface area contributed by atoms with E-state index in [9.17, 15) is 24.3 Å². The Balaban J connectivity index is 1.61. The van der Waals surface area contributed by atoms with E-state index < -0.39 is 24.1 Å². The summed E-state index contributed by atoms with van der Waals surface area (Å²) in [6, 6.07) is 3.76. The van der Waals surface area contributed by atoms with Crippen LogP contribution in [0, 0.1) is 10.8 Å². The molecule has 0 bridgehead atoms. The van der Waals surface area contributed by atoms with Gasteiger partial charge in [0.1, 0.15) is 12.0 Å². The normalized spacial score (nSPS) is 20.8. The number of amides is 4. The molecule has 1 saturated heterocycles. The molecular weight excluding hydrogens is 438 g/mol. The fraction of sp³-hybridized carbons (Fsp3) is 0.600. The second-order valence-corrected chi connectivity index (χ2v) is 11.1. The zero-order valence-corrected chi connectivity index (χ0v) is 20.6. The van der Waals surface area contributed by atoms with Crippen molar-refractivity contribution in [3.8, 4) is 5.75 Å². The number of hydrogen-bond donors (Lipinski definition) is 3. The summed E-state index contributed by atoms with van der Waals surface area (Å²) >= 11 is 0. The highest BCUT2D eigenvalue weighted by molar-refractivity contribution is 6.23. The summed E-state index contributed by atoms with van der Waals surface area (Å²) < 4.78 is 5.63. The molecule has 9 heteroatoms. The summed E-state index contributed by atoms with van der Waals surface area (Å²) in [7, 11) is 0. The largest absolute Gasteiger partial charge is 0.483 e. The molecule has 2 aliphatic heterocycles. The number of ether oxygens (including phenoxy) is 1. The highest BCUT2D eigenvalue weighted by Gasteiger charge is 2.45. The lowest BCUT2D eigenvalue weighted by Gasteiger charge is -2.33. The third kappa shape index (κ3) is 5.94. The van der Waals surface area contributed by atoms with Crippen molar-refractivity contribution in [1.29, 1.82) is 0 Å². The molecule has 4 amide bonds. The summed E-state index contributed by atoms with van der Waals surface area (Å²) in [5, 5.41) is 15.4. The van der Waals surface area contributed by atoms with E-state index in [1.807, 2.05) is 0 Å². The number of fused-ring (bicyclic) bond motifs is 1. The molecule has 9 nitrogen and oxygen atoms in total. The molecule has 186 valence electrons. The zero-order chi connectivity index (χ0) is 25.3. The Morgan fingerprint density at radius 3 is 2.53 bits per heavy atom. The Kier molecular flexibility index (Phi) is 7.35. The summed E-state index contributed by atoms with van der Waals surface area (Å²) in [4.78, 5) is 50.8. The number of imide groups is 1. The zero-order valence-electron chi connectivity index (χ0n) is 20.6. The van der Waals surface area contributed by atoms with Crippen LogP contribution in [0.5, 0.6) is 5.75 Å². The number of nitrogens with one attached hydrogen (secondary N) is 2. The summed E-state index contributed by atoms with van der Waals surface area (Å²) in [6.07, 6.45) is 0.780. The van der Waals surface area contributed by atoms with Crippen LogP contribution in [0.25, 0.3) is 0 Å². The Bertz CT molecular complexity index is 981. The third-order valence-corrected chi connectivity index (χ3v) is 6.07. The Morgan fingerprint density at radius 2 is 1.88 bits per heavy atom. The van der Waals surface area contributed by atoms with E-state index >= 15 is 0 Å². The number of rotatable bonds is 8. The lowest BCUT2D eigenvalue weighted by atomic mass is 9.74. The van der Waals surface area contributed by atoms with Crippen LogP contribution in [0.3, 0.4) is 0 Å². The van der Waals surface area contributed by atoms with Crippen LogP contribution in [0.15, 0.2) is 18.2 Å². The number of piperidine rings is 1. The highest BCUT2D eigenvalue weighted by Crippen LogP contribution is 2.36. The maximum atomic E-state index is 13.1. The molecule has 0 radical (unpaired) electrons. The maximum absolute atomic E-state index is 13.1. The van der Waals surface area contributed by atoms with Gasteiger partial charge in [-0.15, -0.1) is 0 Å². The minimum atomic E-state index is -1.33. The fourth-order valence-electron chi connectivity index (χ4n) is 4.99. The number of carbonyl (C=O) groups excluding carboxylic acids is 4. The van der Waals surface area contributed by atoms with Gasteiger partial charge in [-0.25, -0.2) is 0 Å². The van der Waals surface area contributed by atoms with E-state index in [1.165, 1.54) is 12.1 Å². The molecule has 1 aromatic carbocycles. The summed E-state index contributed by atoms with van der Waals surface area (Å²) in [6.45, 7) is 11.1. The fourth-order valence-corrected chi connectivity index (χ4v) is 4.99. The monoisotopic (exact) mass is 473 g/mol. The van der Waals surface area contributed by atoms with Crippen molar-refractivity contribution < 1.29 is 29.0 Å². The number of benzene rings is 1. The van der Waals surface area contributed by atoms with Crippen molar-refractivity contribution in [3.05, 3.63) is 29.3 Å². The van der Waals surface area contributed by atoms with Crippen molar-refractivity contribution in [2.45, 2.75) is 72.6 Å². The molecule has 0 aliphatic carbocycles. The van der Waals surface area contributed by atoms with Crippen molar-refractivity contribution in [1.82, 2.24) is 15.5 Å². The number of carbonyl (C=O) groups is 4. The predicted octanol–water partition coefficient (Wildman–Crippen LogP) is 2.23. The second-order valence-electron chi connectivity index (χ2n) is 11.1. The van der Waals surface area contributed by atoms with Crippen molar-refractivity contribution in [2.75, 3.05) is 13.2 Å². The maximum Gasteiger partial charge on any atom is 0.265 e. The van der Waals surface area contributed by atoms with Crippen LogP contribution in [-0.4, -0.2) is 59.1 Å². The summed E-state index contributed by atoms with van der Waals surface area (Å²) in [5.74, 6) is -1.69. The van der Waals surface area contributed by atoms with Crippen molar-refractivity contribution >= 4 is 23.6 Å². The molecular formula is C25H35N3O6. The lowest BCUT2D eigenvalue weighted by molar-refractivity contribution is -0.129. The first kappa shape index (κ1) is 25.7. The molecule has 3 N–H and O–H groups in total. The van der Waals surface area contributed by atoms with Gasteiger partial charge >= 0.3 is 0 Å². The molecule has 3 rings (SSSR count). The standard InChI is InChI=1S/C25H35N3O6/c1-24(2,3)14-25(4,5)11-12-26-19(30)13-34-17-8-6-7-15-20(17)23(33)28(22(15)32)16-9-10-18(29)27-21(16)31/h6-8,16,21,31H,9-14H2,1-5H3,(H,26,30)(H,27,29). The first-order chi connectivity index (χ1) is 15.8. The van der Waals surface area contributed by atoms with E-state index in [2.05, 4.69) is 45.3 Å². The molecule has 0 saturated carbocycles. The van der Waals surface area contributed by atoms with Gasteiger partial charge in [0.15, 0.2) is 6.61 Å². The van der Waals surface area contributed by atoms with E-state index in [-0.39, 0.29) is 59.0 Å². The van der Waals surface area contributed by atoms with E-state index in [0.717, 1.165) is 17.7 Å². The van der Waals surface area contributed by atoms with Gasteiger partial charge in [-0.2, -0.15) is 0 Å². The van der Waals surface area contributed by atoms with E-state index in [0.29, 0.717) is 6.54 Å². The number of hydrogen-bond acceptors (Lipinski definition) is 6. The Hall–Kier alpha value is -2.94. The van der Waals surface area contributed by atoms with Gasteiger partial charge in [0, 0.05) is 13.0 Å². The van der Waals surface area contributed by atoms with Crippen LogP contribution >= 0.6 is 0 Å². The average molecular weight is 474 g/mol. The Morgan fingerprint density at radius 1 is 1.18 bits per heavy atom. The summed E-state index contributed by atoms with van der Waals surface area (Å²) in [5.41, 5.74) is 0.486. The Labute approximate surface area is 200 Å². The van der Waals surface area contributed by atoms with Gasteiger partial charge < -0.3 is 20.5 Å². The predicted molar refractivity (Wildman–Crippen MR) is 125 cm³/mol. The second kappa shape index (κ2) is 9.74. The third-order valence-electron chi connectivity index (χ3n) is 6.07. The van der Waals surface area contributed by atoms with Crippen LogP contribution in [0.2, 0.25) is 0 Å². The molecule has 2 unspecified atom stereocenters. The van der Waals surface area contributed by atoms with E-state index in [4.69, 9.17) is 4.74 Å². The van der Waals surface area contributed by atoms with Gasteiger partial charge in [0.2, 0.25) is 5.91 Å². The van der Waals surface area contributed by atoms with Crippen molar-refractivity contribution in [2.24, 2.45) is 10.8 Å². The van der Waals surface area contributed by atoms with Crippen molar-refractivity contribution in [3.63, 3.8) is 0 Å². The number of aliphatic hydroxyl groups excluding tert-OH is 1. The topological polar surface area (TPSA) is 125 Å². The van der Waals surface area contributed by atoms with E-state index in [1.54, 1.807) is 6.07 Å². The molecule has 2 aliphatic rings. The van der Waals surface area contributed by atoms with Gasteiger partial charge in [-0.3, -0.25) is 24.1 Å². The van der Waals surface area contributed by atoms with Crippen LogP contribution in [0.4, 0.5) is 0 Å². The first-order valence-corrected chi connectivity index (χ1v) is 11.7. The van der Waals surface area contributed by atoms with Crippen LogP contribution in [0.1, 0.15) is 81.0 Å². The number of aliphatic hydroxyl groups is 1. The highest BCUT2D eigenvalue weighted by atomic mass is 16.5. The van der Waals surface area contributed by atoms with Crippen LogP contribution < -0.4 is 15.4 Å². The molecule has 1 fully saturated rings. The molecule has 0 aromatic heterocycles. The first-order valence-electron chi connectivity index (χ1n) is 11.7. The SMILES string of the molecule is CC(C)(C)CC(C)(C)CCNC(=O)COc1cccc2c1C(=O)N(C1CCC(=O)NC1O)C2=O. The minimum Gasteiger partial charge on any atom is -0.483 e. The van der Waals surface area contributed by atoms with Gasteiger partial charge in [0.05, 0.1) is 17.2 Å². The smallest absolute Gasteiger partial charge is 0.265 e.